The molecule has 1 amide bonds. The molecule has 1 heterocycles. The summed E-state index contributed by atoms with van der Waals surface area (Å²) in [5, 5.41) is 6.49. The van der Waals surface area contributed by atoms with Crippen molar-refractivity contribution in [1.29, 1.82) is 0 Å². The molecule has 0 aliphatic carbocycles. The molecule has 2 rings (SSSR count). The van der Waals surface area contributed by atoms with Gasteiger partial charge in [-0.2, -0.15) is 0 Å². The van der Waals surface area contributed by atoms with E-state index in [9.17, 15) is 9.00 Å². The van der Waals surface area contributed by atoms with Gasteiger partial charge < -0.3 is 10.6 Å². The highest BCUT2D eigenvalue weighted by Gasteiger charge is 2.23. The third kappa shape index (κ3) is 6.07. The molecule has 23 heavy (non-hydrogen) atoms. The van der Waals surface area contributed by atoms with Crippen molar-refractivity contribution in [2.45, 2.75) is 32.2 Å². The lowest BCUT2D eigenvalue weighted by Gasteiger charge is -2.28. The summed E-state index contributed by atoms with van der Waals surface area (Å²) < 4.78 is 11.6. The molecule has 0 aromatic heterocycles. The van der Waals surface area contributed by atoms with Gasteiger partial charge in [-0.1, -0.05) is 37.3 Å². The predicted molar refractivity (Wildman–Crippen MR) is 95.6 cm³/mol. The smallest absolute Gasteiger partial charge is 0.220 e. The lowest BCUT2D eigenvalue weighted by Crippen LogP contribution is -2.37. The second-order valence-corrected chi connectivity index (χ2v) is 8.04. The Kier molecular flexibility index (Phi) is 7.24. The molecule has 1 aromatic carbocycles. The Bertz CT molecular complexity index is 515. The first kappa shape index (κ1) is 18.1. The maximum atomic E-state index is 12.4. The lowest BCUT2D eigenvalue weighted by atomic mass is 9.85. The Morgan fingerprint density at radius 1 is 1.39 bits per heavy atom. The largest absolute Gasteiger partial charge is 0.348 e. The van der Waals surface area contributed by atoms with Gasteiger partial charge in [0.25, 0.3) is 0 Å². The van der Waals surface area contributed by atoms with E-state index in [1.54, 1.807) is 6.26 Å². The van der Waals surface area contributed by atoms with Crippen LogP contribution in [-0.2, 0) is 15.6 Å². The molecule has 0 spiro atoms. The zero-order valence-corrected chi connectivity index (χ0v) is 14.9. The van der Waals surface area contributed by atoms with Gasteiger partial charge in [-0.15, -0.1) is 0 Å². The van der Waals surface area contributed by atoms with Crippen LogP contribution in [0.2, 0.25) is 0 Å². The first-order valence-corrected chi connectivity index (χ1v) is 10.1. The number of benzene rings is 1. The minimum Gasteiger partial charge on any atom is -0.348 e. The van der Waals surface area contributed by atoms with E-state index in [0.717, 1.165) is 18.7 Å². The highest BCUT2D eigenvalue weighted by atomic mass is 32.2. The molecule has 5 heteroatoms. The van der Waals surface area contributed by atoms with Crippen molar-refractivity contribution in [1.82, 2.24) is 10.6 Å². The Balaban J connectivity index is 1.93. The molecule has 0 bridgehead atoms. The van der Waals surface area contributed by atoms with Crippen LogP contribution >= 0.6 is 0 Å². The van der Waals surface area contributed by atoms with Crippen LogP contribution in [0.1, 0.15) is 37.8 Å². The fourth-order valence-electron chi connectivity index (χ4n) is 3.22. The Hall–Kier alpha value is -1.20. The van der Waals surface area contributed by atoms with Gasteiger partial charge in [0.15, 0.2) is 0 Å². The Labute approximate surface area is 141 Å². The number of nitrogens with one attached hydrogen (secondary N) is 2. The van der Waals surface area contributed by atoms with E-state index < -0.39 is 10.8 Å². The SMILES string of the molecule is CC(CC(=O)NC(CS(C)=O)c1ccccc1)C1CCCNC1. The number of hydrogen-bond donors (Lipinski definition) is 2. The summed E-state index contributed by atoms with van der Waals surface area (Å²) >= 11 is 0. The molecule has 1 saturated heterocycles. The summed E-state index contributed by atoms with van der Waals surface area (Å²) in [6.07, 6.45) is 4.60. The Morgan fingerprint density at radius 3 is 2.74 bits per heavy atom. The molecular formula is C18H28N2O2S. The minimum atomic E-state index is -0.954. The first-order valence-electron chi connectivity index (χ1n) is 8.41. The number of carbonyl (C=O) groups is 1. The van der Waals surface area contributed by atoms with Crippen LogP contribution < -0.4 is 10.6 Å². The third-order valence-corrected chi connectivity index (χ3v) is 5.39. The van der Waals surface area contributed by atoms with Crippen molar-refractivity contribution in [3.8, 4) is 0 Å². The van der Waals surface area contributed by atoms with Crippen molar-refractivity contribution in [3.05, 3.63) is 35.9 Å². The molecule has 1 aliphatic heterocycles. The molecule has 1 aromatic rings. The van der Waals surface area contributed by atoms with Gasteiger partial charge in [-0.3, -0.25) is 9.00 Å². The number of hydrogen-bond acceptors (Lipinski definition) is 3. The molecule has 2 N–H and O–H groups in total. The molecule has 4 unspecified atom stereocenters. The van der Waals surface area contributed by atoms with Crippen molar-refractivity contribution in [3.63, 3.8) is 0 Å². The summed E-state index contributed by atoms with van der Waals surface area (Å²) in [6, 6.07) is 9.63. The average molecular weight is 337 g/mol. The quantitative estimate of drug-likeness (QED) is 0.803. The van der Waals surface area contributed by atoms with E-state index in [2.05, 4.69) is 17.6 Å². The van der Waals surface area contributed by atoms with E-state index in [1.807, 2.05) is 30.3 Å². The molecule has 1 aliphatic rings. The highest BCUT2D eigenvalue weighted by molar-refractivity contribution is 7.84. The molecule has 1 fully saturated rings. The number of rotatable bonds is 7. The number of piperidine rings is 1. The van der Waals surface area contributed by atoms with Crippen LogP contribution in [0.3, 0.4) is 0 Å². The topological polar surface area (TPSA) is 58.2 Å². The van der Waals surface area contributed by atoms with Crippen molar-refractivity contribution >= 4 is 16.7 Å². The maximum Gasteiger partial charge on any atom is 0.220 e. The zero-order chi connectivity index (χ0) is 16.7. The highest BCUT2D eigenvalue weighted by Crippen LogP contribution is 2.23. The van der Waals surface area contributed by atoms with Crippen molar-refractivity contribution < 1.29 is 9.00 Å². The minimum absolute atomic E-state index is 0.0578. The van der Waals surface area contributed by atoms with Crippen LogP contribution in [0.25, 0.3) is 0 Å². The second-order valence-electron chi connectivity index (χ2n) is 6.56. The lowest BCUT2D eigenvalue weighted by molar-refractivity contribution is -0.122. The zero-order valence-electron chi connectivity index (χ0n) is 14.1. The van der Waals surface area contributed by atoms with Gasteiger partial charge >= 0.3 is 0 Å². The van der Waals surface area contributed by atoms with Gasteiger partial charge in [0, 0.05) is 29.2 Å². The van der Waals surface area contributed by atoms with Crippen LogP contribution in [0.5, 0.6) is 0 Å². The molecule has 128 valence electrons. The van der Waals surface area contributed by atoms with E-state index in [-0.39, 0.29) is 11.9 Å². The summed E-state index contributed by atoms with van der Waals surface area (Å²) in [7, 11) is -0.954. The maximum absolute atomic E-state index is 12.4. The Morgan fingerprint density at radius 2 is 2.13 bits per heavy atom. The second kappa shape index (κ2) is 9.18. The summed E-state index contributed by atoms with van der Waals surface area (Å²) in [5.74, 6) is 1.45. The molecular weight excluding hydrogens is 308 g/mol. The summed E-state index contributed by atoms with van der Waals surface area (Å²) in [4.78, 5) is 12.4. The monoisotopic (exact) mass is 336 g/mol. The van der Waals surface area contributed by atoms with Gasteiger partial charge in [0.05, 0.1) is 6.04 Å². The van der Waals surface area contributed by atoms with Crippen molar-refractivity contribution in [2.75, 3.05) is 25.1 Å². The van der Waals surface area contributed by atoms with Crippen LogP contribution in [0.15, 0.2) is 30.3 Å². The first-order chi connectivity index (χ1) is 11.1. The average Bonchev–Trinajstić information content (AvgIpc) is 2.55. The fourth-order valence-corrected chi connectivity index (χ4v) is 3.96. The van der Waals surface area contributed by atoms with E-state index in [4.69, 9.17) is 0 Å². The molecule has 0 saturated carbocycles. The van der Waals surface area contributed by atoms with Gasteiger partial charge in [-0.25, -0.2) is 0 Å². The normalized spacial score (nSPS) is 22.1. The molecule has 4 nitrogen and oxygen atoms in total. The van der Waals surface area contributed by atoms with Crippen LogP contribution in [-0.4, -0.2) is 35.2 Å². The van der Waals surface area contributed by atoms with Gasteiger partial charge in [0.1, 0.15) is 0 Å². The van der Waals surface area contributed by atoms with E-state index >= 15 is 0 Å². The summed E-state index contributed by atoms with van der Waals surface area (Å²) in [5.41, 5.74) is 1.02. The van der Waals surface area contributed by atoms with Crippen LogP contribution in [0, 0.1) is 11.8 Å². The molecule has 4 atom stereocenters. The summed E-state index contributed by atoms with van der Waals surface area (Å²) in [6.45, 7) is 4.26. The third-order valence-electron chi connectivity index (χ3n) is 4.59. The van der Waals surface area contributed by atoms with Gasteiger partial charge in [0.2, 0.25) is 5.91 Å². The van der Waals surface area contributed by atoms with E-state index in [0.29, 0.717) is 24.0 Å². The fraction of sp³-hybridized carbons (Fsp3) is 0.611. The van der Waals surface area contributed by atoms with Gasteiger partial charge in [-0.05, 0) is 43.3 Å². The molecule has 0 radical (unpaired) electrons. The number of amides is 1. The number of carbonyl (C=O) groups excluding carboxylic acids is 1. The van der Waals surface area contributed by atoms with Crippen LogP contribution in [0.4, 0.5) is 0 Å². The van der Waals surface area contributed by atoms with E-state index in [1.165, 1.54) is 12.8 Å². The standard InChI is InChI=1S/C18H28N2O2S/c1-14(16-9-6-10-19-12-16)11-18(21)20-17(13-23(2)22)15-7-4-3-5-8-15/h3-5,7-8,14,16-17,19H,6,9-13H2,1-2H3,(H,20,21). The predicted octanol–water partition coefficient (Wildman–Crippen LogP) is 2.25. The van der Waals surface area contributed by atoms with Crippen molar-refractivity contribution in [2.24, 2.45) is 11.8 Å².